The molecule has 0 saturated carbocycles. The number of para-hydroxylation sites is 1. The molecule has 1 aromatic heterocycles. The number of pyridine rings is 1. The summed E-state index contributed by atoms with van der Waals surface area (Å²) in [5.74, 6) is 1.33. The summed E-state index contributed by atoms with van der Waals surface area (Å²) in [5, 5.41) is 0. The number of rotatable bonds is 4. The van der Waals surface area contributed by atoms with Crippen molar-refractivity contribution in [2.45, 2.75) is 18.9 Å². The SMILES string of the molecule is O=CN1CCC[C@H]1c1ccc(Oc2ccccc2)nc1. The van der Waals surface area contributed by atoms with Gasteiger partial charge in [-0.1, -0.05) is 24.3 Å². The lowest BCUT2D eigenvalue weighted by atomic mass is 10.1. The van der Waals surface area contributed by atoms with Crippen molar-refractivity contribution in [1.82, 2.24) is 9.88 Å². The maximum atomic E-state index is 11.0. The normalized spacial score (nSPS) is 18.0. The molecule has 1 fully saturated rings. The predicted octanol–water partition coefficient (Wildman–Crippen LogP) is 3.17. The lowest BCUT2D eigenvalue weighted by Crippen LogP contribution is -2.21. The molecule has 0 aliphatic carbocycles. The molecule has 0 N–H and O–H groups in total. The quantitative estimate of drug-likeness (QED) is 0.800. The van der Waals surface area contributed by atoms with Crippen LogP contribution in [0, 0.1) is 0 Å². The highest BCUT2D eigenvalue weighted by Crippen LogP contribution is 2.31. The van der Waals surface area contributed by atoms with Gasteiger partial charge in [0.2, 0.25) is 12.3 Å². The number of hydrogen-bond acceptors (Lipinski definition) is 3. The number of aromatic nitrogens is 1. The molecular weight excluding hydrogens is 252 g/mol. The molecule has 0 unspecified atom stereocenters. The molecule has 0 bridgehead atoms. The molecule has 1 aliphatic heterocycles. The van der Waals surface area contributed by atoms with Gasteiger partial charge >= 0.3 is 0 Å². The lowest BCUT2D eigenvalue weighted by Gasteiger charge is -2.19. The van der Waals surface area contributed by atoms with E-state index in [1.165, 1.54) is 0 Å². The minimum absolute atomic E-state index is 0.158. The molecular formula is C16H16N2O2. The molecule has 1 aliphatic rings. The molecule has 0 radical (unpaired) electrons. The first kappa shape index (κ1) is 12.7. The van der Waals surface area contributed by atoms with E-state index in [1.54, 1.807) is 6.20 Å². The Morgan fingerprint density at radius 2 is 2.05 bits per heavy atom. The van der Waals surface area contributed by atoms with Crippen LogP contribution >= 0.6 is 0 Å². The van der Waals surface area contributed by atoms with Crippen LogP contribution < -0.4 is 4.74 Å². The number of nitrogens with zero attached hydrogens (tertiary/aromatic N) is 2. The molecule has 1 aromatic carbocycles. The zero-order valence-corrected chi connectivity index (χ0v) is 11.1. The van der Waals surface area contributed by atoms with Crippen molar-refractivity contribution in [3.8, 4) is 11.6 Å². The van der Waals surface area contributed by atoms with Crippen LogP contribution in [0.15, 0.2) is 48.7 Å². The summed E-state index contributed by atoms with van der Waals surface area (Å²) in [5.41, 5.74) is 1.06. The van der Waals surface area contributed by atoms with Gasteiger partial charge in [0.1, 0.15) is 5.75 Å². The van der Waals surface area contributed by atoms with Crippen molar-refractivity contribution < 1.29 is 9.53 Å². The summed E-state index contributed by atoms with van der Waals surface area (Å²) in [6.07, 6.45) is 4.77. The molecule has 1 atom stereocenters. The minimum Gasteiger partial charge on any atom is -0.439 e. The van der Waals surface area contributed by atoms with Crippen LogP contribution in [0.3, 0.4) is 0 Å². The third-order valence-corrected chi connectivity index (χ3v) is 3.54. The van der Waals surface area contributed by atoms with Crippen LogP contribution in [-0.4, -0.2) is 22.8 Å². The molecule has 2 heterocycles. The third kappa shape index (κ3) is 2.64. The Hall–Kier alpha value is -2.36. The Morgan fingerprint density at radius 1 is 1.20 bits per heavy atom. The Labute approximate surface area is 118 Å². The second-order valence-electron chi connectivity index (χ2n) is 4.85. The first-order valence-electron chi connectivity index (χ1n) is 6.77. The van der Waals surface area contributed by atoms with Gasteiger partial charge in [-0.25, -0.2) is 4.98 Å². The number of benzene rings is 1. The molecule has 1 saturated heterocycles. The maximum Gasteiger partial charge on any atom is 0.219 e. The van der Waals surface area contributed by atoms with Gasteiger partial charge < -0.3 is 9.64 Å². The van der Waals surface area contributed by atoms with Crippen LogP contribution in [0.4, 0.5) is 0 Å². The van der Waals surface area contributed by atoms with Crippen LogP contribution in [0.5, 0.6) is 11.6 Å². The van der Waals surface area contributed by atoms with Crippen molar-refractivity contribution in [3.63, 3.8) is 0 Å². The van der Waals surface area contributed by atoms with Crippen molar-refractivity contribution >= 4 is 6.41 Å². The average Bonchev–Trinajstić information content (AvgIpc) is 2.98. The standard InChI is InChI=1S/C16H16N2O2/c19-12-18-10-4-7-15(18)13-8-9-16(17-11-13)20-14-5-2-1-3-6-14/h1-3,5-6,8-9,11-12,15H,4,7,10H2/t15-/m0/s1. The summed E-state index contributed by atoms with van der Waals surface area (Å²) in [6, 6.07) is 13.6. The van der Waals surface area contributed by atoms with Crippen molar-refractivity contribution in [2.24, 2.45) is 0 Å². The molecule has 4 nitrogen and oxygen atoms in total. The zero-order valence-electron chi connectivity index (χ0n) is 11.1. The van der Waals surface area contributed by atoms with Crippen LogP contribution in [-0.2, 0) is 4.79 Å². The number of amides is 1. The van der Waals surface area contributed by atoms with Gasteiger partial charge in [-0.2, -0.15) is 0 Å². The Bertz CT molecular complexity index is 569. The highest BCUT2D eigenvalue weighted by atomic mass is 16.5. The van der Waals surface area contributed by atoms with Gasteiger partial charge in [-0.05, 0) is 30.5 Å². The average molecular weight is 268 g/mol. The summed E-state index contributed by atoms with van der Waals surface area (Å²) in [7, 11) is 0. The Balaban J connectivity index is 1.73. The van der Waals surface area contributed by atoms with E-state index < -0.39 is 0 Å². The fourth-order valence-corrected chi connectivity index (χ4v) is 2.53. The van der Waals surface area contributed by atoms with Gasteiger partial charge in [0.05, 0.1) is 6.04 Å². The Morgan fingerprint density at radius 3 is 2.75 bits per heavy atom. The van der Waals surface area contributed by atoms with Gasteiger partial charge in [0.25, 0.3) is 0 Å². The van der Waals surface area contributed by atoms with Crippen molar-refractivity contribution in [3.05, 3.63) is 54.2 Å². The minimum atomic E-state index is 0.158. The van der Waals surface area contributed by atoms with Crippen molar-refractivity contribution in [1.29, 1.82) is 0 Å². The number of carbonyl (C=O) groups is 1. The van der Waals surface area contributed by atoms with Gasteiger partial charge in [0.15, 0.2) is 0 Å². The number of likely N-dealkylation sites (tertiary alicyclic amines) is 1. The zero-order chi connectivity index (χ0) is 13.8. The number of hydrogen-bond donors (Lipinski definition) is 0. The van der Waals surface area contributed by atoms with E-state index in [0.29, 0.717) is 5.88 Å². The first-order valence-corrected chi connectivity index (χ1v) is 6.77. The van der Waals surface area contributed by atoms with E-state index >= 15 is 0 Å². The molecule has 3 rings (SSSR count). The summed E-state index contributed by atoms with van der Waals surface area (Å²) in [6.45, 7) is 0.830. The van der Waals surface area contributed by atoms with Crippen LogP contribution in [0.1, 0.15) is 24.4 Å². The topological polar surface area (TPSA) is 42.4 Å². The number of carbonyl (C=O) groups excluding carboxylic acids is 1. The predicted molar refractivity (Wildman–Crippen MR) is 75.5 cm³/mol. The molecule has 2 aromatic rings. The van der Waals surface area contributed by atoms with E-state index in [9.17, 15) is 4.79 Å². The highest BCUT2D eigenvalue weighted by Gasteiger charge is 2.24. The Kier molecular flexibility index (Phi) is 3.63. The summed E-state index contributed by atoms with van der Waals surface area (Å²) < 4.78 is 5.65. The third-order valence-electron chi connectivity index (χ3n) is 3.54. The van der Waals surface area contributed by atoms with Gasteiger partial charge in [-0.3, -0.25) is 4.79 Å². The van der Waals surface area contributed by atoms with E-state index in [1.807, 2.05) is 47.4 Å². The fourth-order valence-electron chi connectivity index (χ4n) is 2.53. The molecule has 20 heavy (non-hydrogen) atoms. The van der Waals surface area contributed by atoms with Crippen LogP contribution in [0.25, 0.3) is 0 Å². The monoisotopic (exact) mass is 268 g/mol. The highest BCUT2D eigenvalue weighted by molar-refractivity contribution is 5.49. The van der Waals surface area contributed by atoms with Gasteiger partial charge in [-0.15, -0.1) is 0 Å². The summed E-state index contributed by atoms with van der Waals surface area (Å²) in [4.78, 5) is 17.1. The van der Waals surface area contributed by atoms with Gasteiger partial charge in [0, 0.05) is 18.8 Å². The summed E-state index contributed by atoms with van der Waals surface area (Å²) >= 11 is 0. The maximum absolute atomic E-state index is 11.0. The lowest BCUT2D eigenvalue weighted by molar-refractivity contribution is -0.118. The second-order valence-corrected chi connectivity index (χ2v) is 4.85. The fraction of sp³-hybridized carbons (Fsp3) is 0.250. The van der Waals surface area contributed by atoms with E-state index in [-0.39, 0.29) is 6.04 Å². The molecule has 1 amide bonds. The van der Waals surface area contributed by atoms with Crippen LogP contribution in [0.2, 0.25) is 0 Å². The second kappa shape index (κ2) is 5.74. The van der Waals surface area contributed by atoms with Crippen molar-refractivity contribution in [2.75, 3.05) is 6.54 Å². The molecule has 102 valence electrons. The molecule has 4 heteroatoms. The van der Waals surface area contributed by atoms with E-state index in [2.05, 4.69) is 4.98 Å². The molecule has 0 spiro atoms. The van der Waals surface area contributed by atoms with E-state index in [4.69, 9.17) is 4.74 Å². The smallest absolute Gasteiger partial charge is 0.219 e. The first-order chi connectivity index (χ1) is 9.86. The number of ether oxygens (including phenoxy) is 1. The largest absolute Gasteiger partial charge is 0.439 e. The van der Waals surface area contributed by atoms with E-state index in [0.717, 1.165) is 37.1 Å².